The highest BCUT2D eigenvalue weighted by Gasteiger charge is 2.06. The van der Waals surface area contributed by atoms with Gasteiger partial charge in [0.1, 0.15) is 0 Å². The van der Waals surface area contributed by atoms with Crippen LogP contribution in [0.15, 0.2) is 60.7 Å². The van der Waals surface area contributed by atoms with E-state index in [1.54, 1.807) is 0 Å². The Hall–Kier alpha value is -1.02. The van der Waals surface area contributed by atoms with Crippen LogP contribution in [-0.4, -0.2) is 73.7 Å². The fourth-order valence-electron chi connectivity index (χ4n) is 4.98. The van der Waals surface area contributed by atoms with Crippen LogP contribution in [0.2, 0.25) is 0 Å². The fraction of sp³-hybridized carbons (Fsp3) is 0.636. The lowest BCUT2D eigenvalue weighted by molar-refractivity contribution is 0.269. The average Bonchev–Trinajstić information content (AvgIpc) is 2.97. The molecule has 0 aliphatic carbocycles. The number of unbranched alkanes of at least 4 members (excludes halogenated alkanes) is 6. The van der Waals surface area contributed by atoms with Crippen molar-refractivity contribution < 1.29 is 0 Å². The number of rotatable bonds is 26. The van der Waals surface area contributed by atoms with Crippen molar-refractivity contribution >= 4 is 25.3 Å². The molecule has 0 spiro atoms. The number of hydrogen-bond donors (Lipinski definition) is 4. The lowest BCUT2D eigenvalue weighted by Gasteiger charge is -2.22. The van der Waals surface area contributed by atoms with Gasteiger partial charge in [0, 0.05) is 37.7 Å². The van der Waals surface area contributed by atoms with Gasteiger partial charge in [-0.05, 0) is 88.9 Å². The lowest BCUT2D eigenvalue weighted by Crippen LogP contribution is -2.29. The summed E-state index contributed by atoms with van der Waals surface area (Å²) in [6.07, 6.45) is 11.7. The first kappa shape index (κ1) is 34.2. The van der Waals surface area contributed by atoms with E-state index in [2.05, 4.69) is 106 Å². The topological polar surface area (TPSA) is 30.5 Å². The highest BCUT2D eigenvalue weighted by molar-refractivity contribution is 7.80. The van der Waals surface area contributed by atoms with Crippen molar-refractivity contribution in [3.63, 3.8) is 0 Å². The van der Waals surface area contributed by atoms with Crippen LogP contribution in [0.1, 0.15) is 68.9 Å². The molecule has 0 bridgehead atoms. The van der Waals surface area contributed by atoms with Crippen LogP contribution in [0.5, 0.6) is 0 Å². The summed E-state index contributed by atoms with van der Waals surface area (Å²) in [5.74, 6) is 1.91. The van der Waals surface area contributed by atoms with Crippen molar-refractivity contribution in [3.05, 3.63) is 71.8 Å². The summed E-state index contributed by atoms with van der Waals surface area (Å²) in [7, 11) is 0. The zero-order chi connectivity index (χ0) is 27.6. The standard InChI is InChI=1S/C33H56N4S2/c38-28-26-36(24-14-10-20-34-30-32-16-6-4-7-17-32)22-12-2-1-3-13-23-37(27-29-39)25-15-11-21-35-31-33-18-8-5-9-19-33/h4-9,16-19,34-35,38-39H,1-3,10-15,20-31H2. The molecule has 2 rings (SSSR count). The number of nitrogens with zero attached hydrogens (tertiary/aromatic N) is 2. The van der Waals surface area contributed by atoms with Crippen molar-refractivity contribution in [2.75, 3.05) is 63.9 Å². The van der Waals surface area contributed by atoms with E-state index in [4.69, 9.17) is 0 Å². The van der Waals surface area contributed by atoms with Crippen LogP contribution < -0.4 is 10.6 Å². The second-order valence-corrected chi connectivity index (χ2v) is 11.5. The van der Waals surface area contributed by atoms with E-state index in [0.717, 1.165) is 50.8 Å². The van der Waals surface area contributed by atoms with Crippen LogP contribution >= 0.6 is 25.3 Å². The normalized spacial score (nSPS) is 11.6. The van der Waals surface area contributed by atoms with Crippen molar-refractivity contribution in [1.82, 2.24) is 20.4 Å². The Kier molecular flexibility index (Phi) is 21.7. The molecule has 0 amide bonds. The summed E-state index contributed by atoms with van der Waals surface area (Å²) in [6.45, 7) is 11.2. The molecule has 0 heterocycles. The molecule has 2 aromatic rings. The summed E-state index contributed by atoms with van der Waals surface area (Å²) in [5.41, 5.74) is 2.73. The Morgan fingerprint density at radius 3 is 1.18 bits per heavy atom. The van der Waals surface area contributed by atoms with E-state index in [1.165, 1.54) is 95.1 Å². The maximum atomic E-state index is 4.49. The smallest absolute Gasteiger partial charge is 0.0205 e. The molecule has 0 radical (unpaired) electrons. The molecule has 0 saturated carbocycles. The lowest BCUT2D eigenvalue weighted by atomic mass is 10.1. The maximum absolute atomic E-state index is 4.49. The molecule has 39 heavy (non-hydrogen) atoms. The summed E-state index contributed by atoms with van der Waals surface area (Å²) in [4.78, 5) is 5.24. The fourth-order valence-corrected chi connectivity index (χ4v) is 5.55. The van der Waals surface area contributed by atoms with E-state index in [9.17, 15) is 0 Å². The minimum absolute atomic E-state index is 0.955. The first-order valence-corrected chi connectivity index (χ1v) is 16.7. The molecule has 2 N–H and O–H groups in total. The second-order valence-electron chi connectivity index (χ2n) is 10.6. The molecule has 6 heteroatoms. The number of nitrogens with one attached hydrogen (secondary N) is 2. The quantitative estimate of drug-likeness (QED) is 0.0762. The van der Waals surface area contributed by atoms with Gasteiger partial charge in [-0.1, -0.05) is 79.9 Å². The van der Waals surface area contributed by atoms with Crippen molar-refractivity contribution in [1.29, 1.82) is 0 Å². The van der Waals surface area contributed by atoms with E-state index >= 15 is 0 Å². The third-order valence-electron chi connectivity index (χ3n) is 7.28. The zero-order valence-corrected chi connectivity index (χ0v) is 26.2. The average molecular weight is 573 g/mol. The molecule has 0 aliphatic rings. The minimum Gasteiger partial charge on any atom is -0.313 e. The Labute approximate surface area is 251 Å². The van der Waals surface area contributed by atoms with Gasteiger partial charge in [-0.25, -0.2) is 0 Å². The van der Waals surface area contributed by atoms with Crippen LogP contribution in [0.4, 0.5) is 0 Å². The molecule has 0 aliphatic heterocycles. The van der Waals surface area contributed by atoms with E-state index < -0.39 is 0 Å². The highest BCUT2D eigenvalue weighted by atomic mass is 32.1. The SMILES string of the molecule is SCCN(CCCCCCCN(CCS)CCCCNCc1ccccc1)CCCCNCc1ccccc1. The second kappa shape index (κ2) is 24.8. The molecule has 4 nitrogen and oxygen atoms in total. The summed E-state index contributed by atoms with van der Waals surface area (Å²) in [6, 6.07) is 21.4. The van der Waals surface area contributed by atoms with Gasteiger partial charge in [-0.3, -0.25) is 0 Å². The van der Waals surface area contributed by atoms with Crippen molar-refractivity contribution in [2.24, 2.45) is 0 Å². The predicted molar refractivity (Wildman–Crippen MR) is 178 cm³/mol. The Balaban J connectivity index is 1.43. The van der Waals surface area contributed by atoms with Crippen LogP contribution in [0, 0.1) is 0 Å². The van der Waals surface area contributed by atoms with Gasteiger partial charge in [0.2, 0.25) is 0 Å². The van der Waals surface area contributed by atoms with Gasteiger partial charge >= 0.3 is 0 Å². The molecule has 0 aromatic heterocycles. The molecule has 220 valence electrons. The molecular formula is C33H56N4S2. The highest BCUT2D eigenvalue weighted by Crippen LogP contribution is 2.08. The third kappa shape index (κ3) is 18.9. The third-order valence-corrected chi connectivity index (χ3v) is 7.68. The van der Waals surface area contributed by atoms with Gasteiger partial charge in [0.25, 0.3) is 0 Å². The summed E-state index contributed by atoms with van der Waals surface area (Å²) in [5, 5.41) is 7.15. The first-order chi connectivity index (χ1) is 19.3. The first-order valence-electron chi connectivity index (χ1n) is 15.5. The Morgan fingerprint density at radius 1 is 0.436 bits per heavy atom. The summed E-state index contributed by atoms with van der Waals surface area (Å²) >= 11 is 8.99. The van der Waals surface area contributed by atoms with Gasteiger partial charge in [-0.2, -0.15) is 25.3 Å². The van der Waals surface area contributed by atoms with E-state index in [0.29, 0.717) is 0 Å². The van der Waals surface area contributed by atoms with Gasteiger partial charge < -0.3 is 20.4 Å². The molecular weight excluding hydrogens is 517 g/mol. The zero-order valence-electron chi connectivity index (χ0n) is 24.4. The van der Waals surface area contributed by atoms with Crippen LogP contribution in [-0.2, 0) is 13.1 Å². The maximum Gasteiger partial charge on any atom is 0.0205 e. The number of thiol groups is 2. The minimum atomic E-state index is 0.955. The van der Waals surface area contributed by atoms with E-state index in [-0.39, 0.29) is 0 Å². The van der Waals surface area contributed by atoms with Crippen LogP contribution in [0.3, 0.4) is 0 Å². The van der Waals surface area contributed by atoms with E-state index in [1.807, 2.05) is 0 Å². The number of benzene rings is 2. The van der Waals surface area contributed by atoms with Crippen molar-refractivity contribution in [2.45, 2.75) is 70.9 Å². The Bertz CT molecular complexity index is 712. The van der Waals surface area contributed by atoms with Crippen molar-refractivity contribution in [3.8, 4) is 0 Å². The monoisotopic (exact) mass is 572 g/mol. The molecule has 2 aromatic carbocycles. The number of hydrogen-bond acceptors (Lipinski definition) is 6. The Morgan fingerprint density at radius 2 is 0.795 bits per heavy atom. The molecule has 0 saturated heterocycles. The molecule has 0 atom stereocenters. The molecule has 0 unspecified atom stereocenters. The van der Waals surface area contributed by atoms with Gasteiger partial charge in [0.15, 0.2) is 0 Å². The largest absolute Gasteiger partial charge is 0.313 e. The predicted octanol–water partition coefficient (Wildman–Crippen LogP) is 6.54. The van der Waals surface area contributed by atoms with Crippen LogP contribution in [0.25, 0.3) is 0 Å². The molecule has 0 fully saturated rings. The van der Waals surface area contributed by atoms with Gasteiger partial charge in [0.05, 0.1) is 0 Å². The summed E-state index contributed by atoms with van der Waals surface area (Å²) < 4.78 is 0. The van der Waals surface area contributed by atoms with Gasteiger partial charge in [-0.15, -0.1) is 0 Å².